The highest BCUT2D eigenvalue weighted by Crippen LogP contribution is 2.33. The predicted octanol–water partition coefficient (Wildman–Crippen LogP) is 1.52. The Bertz CT molecular complexity index is 737. The molecule has 0 aromatic heterocycles. The minimum absolute atomic E-state index is 0.118. The average Bonchev–Trinajstić information content (AvgIpc) is 3.58. The van der Waals surface area contributed by atoms with Crippen LogP contribution in [0.2, 0.25) is 0 Å². The van der Waals surface area contributed by atoms with Gasteiger partial charge in [0.05, 0.1) is 19.1 Å². The number of amides is 3. The third-order valence-electron chi connectivity index (χ3n) is 4.74. The lowest BCUT2D eigenvalue weighted by molar-refractivity contribution is -0.137. The summed E-state index contributed by atoms with van der Waals surface area (Å²) in [4.78, 5) is 38.1. The first-order chi connectivity index (χ1) is 15.3. The van der Waals surface area contributed by atoms with Gasteiger partial charge in [-0.3, -0.25) is 14.4 Å². The van der Waals surface area contributed by atoms with Crippen LogP contribution in [-0.2, 0) is 19.1 Å². The number of carbonyl (C=O) groups excluding carboxylic acids is 3. The van der Waals surface area contributed by atoms with Crippen molar-refractivity contribution in [3.05, 3.63) is 22.9 Å². The third-order valence-corrected chi connectivity index (χ3v) is 4.85. The molecule has 1 aliphatic rings. The molecule has 1 atom stereocenters. The van der Waals surface area contributed by atoms with Crippen molar-refractivity contribution in [3.8, 4) is 12.3 Å². The first-order valence-corrected chi connectivity index (χ1v) is 11.2. The first-order valence-electron chi connectivity index (χ1n) is 10.9. The molecule has 0 aliphatic heterocycles. The summed E-state index contributed by atoms with van der Waals surface area (Å²) in [6, 6.07) is -0.366. The fraction of sp³-hybridized carbons (Fsp3) is 0.609. The van der Waals surface area contributed by atoms with E-state index in [2.05, 4.69) is 21.9 Å². The highest BCUT2D eigenvalue weighted by atomic mass is 35.5. The molecule has 178 valence electrons. The summed E-state index contributed by atoms with van der Waals surface area (Å²) < 4.78 is 5.65. The summed E-state index contributed by atoms with van der Waals surface area (Å²) >= 11 is 5.87. The molecular formula is C23H35ClN4O4. The molecule has 0 aromatic carbocycles. The van der Waals surface area contributed by atoms with E-state index in [9.17, 15) is 14.4 Å². The van der Waals surface area contributed by atoms with E-state index in [4.69, 9.17) is 22.8 Å². The number of allylic oxidation sites excluding steroid dienone is 3. The molecule has 1 fully saturated rings. The van der Waals surface area contributed by atoms with Crippen LogP contribution in [0.25, 0.3) is 0 Å². The zero-order valence-electron chi connectivity index (χ0n) is 19.2. The normalized spacial score (nSPS) is 14.8. The zero-order chi connectivity index (χ0) is 23.9. The van der Waals surface area contributed by atoms with E-state index >= 15 is 0 Å². The zero-order valence-corrected chi connectivity index (χ0v) is 20.0. The number of carbonyl (C=O) groups is 3. The number of nitrogens with one attached hydrogen (secondary N) is 3. The van der Waals surface area contributed by atoms with Crippen molar-refractivity contribution in [1.29, 1.82) is 0 Å². The number of ether oxygens (including phenoxy) is 1. The number of rotatable bonds is 15. The lowest BCUT2D eigenvalue weighted by atomic mass is 10.1. The van der Waals surface area contributed by atoms with Gasteiger partial charge >= 0.3 is 0 Å². The van der Waals surface area contributed by atoms with Gasteiger partial charge in [-0.15, -0.1) is 12.3 Å². The summed E-state index contributed by atoms with van der Waals surface area (Å²) in [7, 11) is 1.58. The molecule has 1 unspecified atom stereocenters. The van der Waals surface area contributed by atoms with E-state index in [1.807, 2.05) is 13.0 Å². The van der Waals surface area contributed by atoms with E-state index in [0.717, 1.165) is 12.8 Å². The SMILES string of the molecule is C#CCCCNC(=O)CNC(=O)CN(C)C(=O)C(NCCOC(/C=C(\C)Cl)=C/C)C1CC1. The maximum absolute atomic E-state index is 12.8. The molecule has 0 bridgehead atoms. The quantitative estimate of drug-likeness (QED) is 0.147. The van der Waals surface area contributed by atoms with Crippen molar-refractivity contribution in [2.75, 3.05) is 39.8 Å². The molecule has 1 aliphatic carbocycles. The number of nitrogens with zero attached hydrogens (tertiary/aromatic N) is 1. The fourth-order valence-electron chi connectivity index (χ4n) is 2.92. The average molecular weight is 467 g/mol. The Morgan fingerprint density at radius 2 is 1.97 bits per heavy atom. The molecule has 0 aromatic rings. The summed E-state index contributed by atoms with van der Waals surface area (Å²) in [5.74, 6) is 2.59. The molecule has 0 radical (unpaired) electrons. The van der Waals surface area contributed by atoms with Gasteiger partial charge in [0.15, 0.2) is 0 Å². The van der Waals surface area contributed by atoms with Crippen LogP contribution in [0, 0.1) is 18.3 Å². The molecule has 0 saturated heterocycles. The molecule has 9 heteroatoms. The summed E-state index contributed by atoms with van der Waals surface area (Å²) in [6.45, 7) is 4.71. The van der Waals surface area contributed by atoms with Gasteiger partial charge in [-0.2, -0.15) is 0 Å². The minimum Gasteiger partial charge on any atom is -0.493 e. The number of hydrogen-bond donors (Lipinski definition) is 3. The van der Waals surface area contributed by atoms with Crippen molar-refractivity contribution >= 4 is 29.3 Å². The lowest BCUT2D eigenvalue weighted by Gasteiger charge is -2.24. The Morgan fingerprint density at radius 3 is 2.56 bits per heavy atom. The lowest BCUT2D eigenvalue weighted by Crippen LogP contribution is -2.50. The maximum atomic E-state index is 12.8. The molecule has 8 nitrogen and oxygen atoms in total. The van der Waals surface area contributed by atoms with Gasteiger partial charge in [-0.1, -0.05) is 11.6 Å². The Hall–Kier alpha value is -2.50. The minimum atomic E-state index is -0.390. The van der Waals surface area contributed by atoms with Crippen molar-refractivity contribution in [2.45, 2.75) is 45.6 Å². The van der Waals surface area contributed by atoms with Crippen molar-refractivity contribution in [2.24, 2.45) is 5.92 Å². The van der Waals surface area contributed by atoms with E-state index in [0.29, 0.717) is 43.3 Å². The second-order valence-electron chi connectivity index (χ2n) is 7.67. The summed E-state index contributed by atoms with van der Waals surface area (Å²) in [5, 5.41) is 9.08. The third kappa shape index (κ3) is 11.8. The van der Waals surface area contributed by atoms with Gasteiger partial charge in [0.2, 0.25) is 17.7 Å². The Morgan fingerprint density at radius 1 is 1.25 bits per heavy atom. The standard InChI is InChI=1S/C23H35ClN4O4/c1-5-7-8-11-25-20(29)15-27-21(30)16-28(4)23(31)22(18-9-10-18)26-12-13-32-19(6-2)14-17(3)24/h1,6,14,18,22,26H,7-13,15-16H2,2-4H3,(H,25,29)(H,27,30)/b17-14+,19-6+. The summed E-state index contributed by atoms with van der Waals surface area (Å²) in [6.07, 6.45) is 11.9. The van der Waals surface area contributed by atoms with E-state index in [-0.39, 0.29) is 36.9 Å². The predicted molar refractivity (Wildman–Crippen MR) is 126 cm³/mol. The second-order valence-corrected chi connectivity index (χ2v) is 8.26. The number of hydrogen-bond acceptors (Lipinski definition) is 5. The van der Waals surface area contributed by atoms with E-state index in [1.54, 1.807) is 20.0 Å². The maximum Gasteiger partial charge on any atom is 0.240 e. The number of unbranched alkanes of at least 4 members (excludes halogenated alkanes) is 1. The van der Waals surface area contributed by atoms with Gasteiger partial charge in [0.1, 0.15) is 12.4 Å². The van der Waals surface area contributed by atoms with Crippen LogP contribution in [-0.4, -0.2) is 68.5 Å². The van der Waals surface area contributed by atoms with Crippen LogP contribution < -0.4 is 16.0 Å². The largest absolute Gasteiger partial charge is 0.493 e. The molecule has 3 N–H and O–H groups in total. The highest BCUT2D eigenvalue weighted by molar-refractivity contribution is 6.29. The summed E-state index contributed by atoms with van der Waals surface area (Å²) in [5.41, 5.74) is 0. The van der Waals surface area contributed by atoms with Gasteiger partial charge in [-0.05, 0) is 51.2 Å². The van der Waals surface area contributed by atoms with Crippen molar-refractivity contribution in [1.82, 2.24) is 20.9 Å². The van der Waals surface area contributed by atoms with Crippen LogP contribution in [0.15, 0.2) is 22.9 Å². The van der Waals surface area contributed by atoms with Crippen molar-refractivity contribution in [3.63, 3.8) is 0 Å². The van der Waals surface area contributed by atoms with E-state index < -0.39 is 5.91 Å². The molecule has 0 heterocycles. The number of terminal acetylenes is 1. The topological polar surface area (TPSA) is 99.8 Å². The number of likely N-dealkylation sites (N-methyl/N-ethyl adjacent to an activating group) is 1. The Labute approximate surface area is 196 Å². The molecule has 0 spiro atoms. The monoisotopic (exact) mass is 466 g/mol. The van der Waals surface area contributed by atoms with Gasteiger partial charge in [0.25, 0.3) is 0 Å². The van der Waals surface area contributed by atoms with Crippen LogP contribution in [0.1, 0.15) is 39.5 Å². The fourth-order valence-corrected chi connectivity index (χ4v) is 3.03. The van der Waals surface area contributed by atoms with Crippen LogP contribution in [0.4, 0.5) is 0 Å². The first kappa shape index (κ1) is 27.5. The van der Waals surface area contributed by atoms with E-state index in [1.165, 1.54) is 4.90 Å². The molecule has 1 saturated carbocycles. The Balaban J connectivity index is 2.38. The highest BCUT2D eigenvalue weighted by Gasteiger charge is 2.37. The molecule has 32 heavy (non-hydrogen) atoms. The van der Waals surface area contributed by atoms with Crippen molar-refractivity contribution < 1.29 is 19.1 Å². The van der Waals surface area contributed by atoms with Crippen LogP contribution in [0.3, 0.4) is 0 Å². The number of halogens is 1. The van der Waals surface area contributed by atoms with Crippen LogP contribution >= 0.6 is 11.6 Å². The van der Waals surface area contributed by atoms with Crippen LogP contribution in [0.5, 0.6) is 0 Å². The smallest absolute Gasteiger partial charge is 0.240 e. The Kier molecular flexibility index (Phi) is 13.2. The molecule has 1 rings (SSSR count). The van der Waals surface area contributed by atoms with Gasteiger partial charge in [-0.25, -0.2) is 0 Å². The van der Waals surface area contributed by atoms with Gasteiger partial charge in [0, 0.05) is 31.6 Å². The molecular weight excluding hydrogens is 432 g/mol. The second kappa shape index (κ2) is 15.3. The molecule has 3 amide bonds. The van der Waals surface area contributed by atoms with Gasteiger partial charge < -0.3 is 25.6 Å².